The molecule has 4 heterocycles. The van der Waals surface area contributed by atoms with E-state index in [9.17, 15) is 5.11 Å². The topological polar surface area (TPSA) is 86.0 Å². The number of aliphatic hydroxyl groups is 1. The van der Waals surface area contributed by atoms with Crippen molar-refractivity contribution in [2.75, 3.05) is 7.11 Å². The molecule has 1 N–H and O–H groups in total. The summed E-state index contributed by atoms with van der Waals surface area (Å²) in [5, 5.41) is 12.6. The number of hydrogen-bond acceptors (Lipinski definition) is 6. The first-order chi connectivity index (χ1) is 17.5. The second-order valence-electron chi connectivity index (χ2n) is 10.3. The summed E-state index contributed by atoms with van der Waals surface area (Å²) in [5.41, 5.74) is 3.65. The van der Waals surface area contributed by atoms with Crippen LogP contribution in [-0.4, -0.2) is 44.6 Å². The number of fused-ring (bicyclic) bond motifs is 1. The van der Waals surface area contributed by atoms with Crippen molar-refractivity contribution in [1.82, 2.24) is 24.2 Å². The number of aromatic nitrogens is 5. The summed E-state index contributed by atoms with van der Waals surface area (Å²) in [6.45, 7) is 13.5. The Bertz CT molecular complexity index is 1390. The maximum Gasteiger partial charge on any atom is 0.226 e. The summed E-state index contributed by atoms with van der Waals surface area (Å²) in [6, 6.07) is 5.02. The summed E-state index contributed by atoms with van der Waals surface area (Å²) >= 11 is 5.93. The minimum atomic E-state index is -2.28. The molecule has 7 nitrogen and oxygen atoms in total. The van der Waals surface area contributed by atoms with Crippen molar-refractivity contribution in [3.8, 4) is 17.0 Å². The van der Waals surface area contributed by atoms with Gasteiger partial charge in [0.1, 0.15) is 23.2 Å². The Kier molecular flexibility index (Phi) is 7.69. The number of aliphatic hydroxyl groups excluding tert-OH is 1. The Labute approximate surface area is 222 Å². The first kappa shape index (κ1) is 27.2. The molecule has 4 rings (SSSR count). The van der Waals surface area contributed by atoms with Crippen molar-refractivity contribution < 1.29 is 14.2 Å². The summed E-state index contributed by atoms with van der Waals surface area (Å²) in [7, 11) is -0.751. The summed E-state index contributed by atoms with van der Waals surface area (Å²) in [5.74, 6) is -0.418. The molecular formula is C27H33ClFN5O2Si. The third kappa shape index (κ3) is 4.53. The number of rotatable bonds is 8. The van der Waals surface area contributed by atoms with E-state index < -0.39 is 20.3 Å². The lowest BCUT2D eigenvalue weighted by molar-refractivity contribution is 0.214. The lowest BCUT2D eigenvalue weighted by atomic mass is 10.00. The normalized spacial score (nSPS) is 13.2. The molecule has 0 aromatic carbocycles. The van der Waals surface area contributed by atoms with Gasteiger partial charge in [0.2, 0.25) is 11.8 Å². The first-order valence-electron chi connectivity index (χ1n) is 12.4. The van der Waals surface area contributed by atoms with Gasteiger partial charge in [0.05, 0.1) is 12.5 Å². The van der Waals surface area contributed by atoms with Gasteiger partial charge in [0.15, 0.2) is 8.24 Å². The Morgan fingerprint density at radius 3 is 2.14 bits per heavy atom. The van der Waals surface area contributed by atoms with Crippen LogP contribution in [0.3, 0.4) is 0 Å². The third-order valence-corrected chi connectivity index (χ3v) is 14.4. The highest BCUT2D eigenvalue weighted by atomic mass is 35.5. The summed E-state index contributed by atoms with van der Waals surface area (Å²) in [6.07, 6.45) is 5.09. The molecule has 0 spiro atoms. The van der Waals surface area contributed by atoms with Crippen molar-refractivity contribution in [1.29, 1.82) is 0 Å². The van der Waals surface area contributed by atoms with Gasteiger partial charge in [-0.05, 0) is 34.8 Å². The van der Waals surface area contributed by atoms with E-state index in [1.54, 1.807) is 24.4 Å². The SMILES string of the molecule is COc1ncnc2c1c(C(O)c1cc(-c3ccc(Cl)nc3)cnc1F)cn2[Si](C(C)C)(C(C)C)C(C)C. The zero-order chi connectivity index (χ0) is 27.1. The Morgan fingerprint density at radius 2 is 1.57 bits per heavy atom. The van der Waals surface area contributed by atoms with Gasteiger partial charge in [-0.2, -0.15) is 4.39 Å². The Hall–Kier alpha value is -2.88. The number of halogens is 2. The van der Waals surface area contributed by atoms with Gasteiger partial charge in [-0.15, -0.1) is 0 Å². The Morgan fingerprint density at radius 1 is 0.919 bits per heavy atom. The molecule has 4 aromatic rings. The van der Waals surface area contributed by atoms with Gasteiger partial charge < -0.3 is 14.1 Å². The number of hydrogen-bond donors (Lipinski definition) is 1. The number of methoxy groups -OCH3 is 1. The highest BCUT2D eigenvalue weighted by Gasteiger charge is 2.47. The zero-order valence-electron chi connectivity index (χ0n) is 22.2. The lowest BCUT2D eigenvalue weighted by Gasteiger charge is -2.44. The zero-order valence-corrected chi connectivity index (χ0v) is 24.0. The van der Waals surface area contributed by atoms with E-state index in [-0.39, 0.29) is 5.56 Å². The fourth-order valence-corrected chi connectivity index (χ4v) is 12.8. The van der Waals surface area contributed by atoms with Crippen molar-refractivity contribution in [3.63, 3.8) is 0 Å². The van der Waals surface area contributed by atoms with Gasteiger partial charge in [0.25, 0.3) is 0 Å². The van der Waals surface area contributed by atoms with Crippen LogP contribution >= 0.6 is 11.6 Å². The van der Waals surface area contributed by atoms with Gasteiger partial charge in [-0.1, -0.05) is 53.1 Å². The maximum atomic E-state index is 15.1. The van der Waals surface area contributed by atoms with E-state index >= 15 is 4.39 Å². The number of nitrogens with zero attached hydrogens (tertiary/aromatic N) is 5. The average Bonchev–Trinajstić information content (AvgIpc) is 3.24. The van der Waals surface area contributed by atoms with E-state index in [2.05, 4.69) is 65.7 Å². The molecule has 0 aliphatic heterocycles. The largest absolute Gasteiger partial charge is 0.480 e. The van der Waals surface area contributed by atoms with Crippen molar-refractivity contribution >= 4 is 30.9 Å². The molecule has 1 atom stereocenters. The van der Waals surface area contributed by atoms with Gasteiger partial charge >= 0.3 is 0 Å². The van der Waals surface area contributed by atoms with Gasteiger partial charge in [-0.25, -0.2) is 19.9 Å². The maximum absolute atomic E-state index is 15.1. The van der Waals surface area contributed by atoms with Gasteiger partial charge in [0, 0.05) is 40.8 Å². The quantitative estimate of drug-likeness (QED) is 0.195. The fourth-order valence-electron chi connectivity index (χ4n) is 6.08. The second kappa shape index (κ2) is 10.5. The molecule has 0 saturated carbocycles. The van der Waals surface area contributed by atoms with E-state index in [0.29, 0.717) is 55.4 Å². The van der Waals surface area contributed by atoms with Crippen LogP contribution in [0, 0.1) is 5.95 Å². The monoisotopic (exact) mass is 541 g/mol. The van der Waals surface area contributed by atoms with Gasteiger partial charge in [-0.3, -0.25) is 0 Å². The van der Waals surface area contributed by atoms with E-state index in [4.69, 9.17) is 16.3 Å². The minimum Gasteiger partial charge on any atom is -0.480 e. The molecule has 37 heavy (non-hydrogen) atoms. The predicted octanol–water partition coefficient (Wildman–Crippen LogP) is 6.79. The number of pyridine rings is 2. The van der Waals surface area contributed by atoms with Crippen molar-refractivity contribution in [3.05, 3.63) is 65.3 Å². The van der Waals surface area contributed by atoms with E-state index in [1.807, 2.05) is 6.20 Å². The van der Waals surface area contributed by atoms with E-state index in [0.717, 1.165) is 0 Å². The van der Waals surface area contributed by atoms with E-state index in [1.165, 1.54) is 19.6 Å². The van der Waals surface area contributed by atoms with Crippen LogP contribution in [0.5, 0.6) is 5.88 Å². The average molecular weight is 542 g/mol. The molecule has 1 unspecified atom stereocenters. The second-order valence-corrected chi connectivity index (χ2v) is 16.4. The predicted molar refractivity (Wildman–Crippen MR) is 147 cm³/mol. The molecule has 0 saturated heterocycles. The molecule has 0 aliphatic rings. The van der Waals surface area contributed by atoms with Crippen LogP contribution in [0.15, 0.2) is 43.1 Å². The number of ether oxygens (including phenoxy) is 1. The molecule has 0 bridgehead atoms. The molecule has 4 aromatic heterocycles. The molecule has 0 fully saturated rings. The standard InChI is InChI=1S/C27H33ClFN5O2Si/c1-15(2)37(16(3)4,17(5)6)34-13-21(23-26(34)32-14-33-27(23)36-7)24(35)20-10-19(12-31-25(20)29)18-8-9-22(28)30-11-18/h8-17,24,35H,1-7H3. The lowest BCUT2D eigenvalue weighted by Crippen LogP contribution is -2.51. The minimum absolute atomic E-state index is 0.0447. The molecular weight excluding hydrogens is 509 g/mol. The van der Waals surface area contributed by atoms with Crippen LogP contribution in [-0.2, 0) is 0 Å². The van der Waals surface area contributed by atoms with Crippen LogP contribution in [0.2, 0.25) is 21.8 Å². The molecule has 10 heteroatoms. The third-order valence-electron chi connectivity index (χ3n) is 7.48. The van der Waals surface area contributed by atoms with Crippen LogP contribution in [0.1, 0.15) is 58.8 Å². The highest BCUT2D eigenvalue weighted by molar-refractivity contribution is 6.82. The van der Waals surface area contributed by atoms with Crippen LogP contribution < -0.4 is 4.74 Å². The highest BCUT2D eigenvalue weighted by Crippen LogP contribution is 2.46. The summed E-state index contributed by atoms with van der Waals surface area (Å²) in [4.78, 5) is 17.0. The molecule has 0 aliphatic carbocycles. The molecule has 0 amide bonds. The summed E-state index contributed by atoms with van der Waals surface area (Å²) < 4.78 is 23.0. The molecule has 196 valence electrons. The Balaban J connectivity index is 1.98. The smallest absolute Gasteiger partial charge is 0.226 e. The van der Waals surface area contributed by atoms with Crippen LogP contribution in [0.25, 0.3) is 22.2 Å². The van der Waals surface area contributed by atoms with Crippen molar-refractivity contribution in [2.24, 2.45) is 0 Å². The molecule has 0 radical (unpaired) electrons. The van der Waals surface area contributed by atoms with Crippen molar-refractivity contribution in [2.45, 2.75) is 64.3 Å². The first-order valence-corrected chi connectivity index (χ1v) is 14.9. The van der Waals surface area contributed by atoms with Crippen LogP contribution in [0.4, 0.5) is 4.39 Å². The fraction of sp³-hybridized carbons (Fsp3) is 0.407.